The van der Waals surface area contributed by atoms with E-state index in [0.717, 1.165) is 31.2 Å². The van der Waals surface area contributed by atoms with Crippen LogP contribution in [0.25, 0.3) is 0 Å². The Bertz CT molecular complexity index is 685. The van der Waals surface area contributed by atoms with E-state index in [2.05, 4.69) is 0 Å². The maximum Gasteiger partial charge on any atom is 0.410 e. The fraction of sp³-hybridized carbons (Fsp3) is 0.650. The van der Waals surface area contributed by atoms with E-state index in [1.807, 2.05) is 20.8 Å². The number of ether oxygens (including phenoxy) is 2. The summed E-state index contributed by atoms with van der Waals surface area (Å²) in [4.78, 5) is 14.0. The molecule has 1 saturated carbocycles. The zero-order chi connectivity index (χ0) is 19.2. The number of carbonyl (C=O) groups excluding carboxylic acids is 1. The quantitative estimate of drug-likeness (QED) is 0.710. The van der Waals surface area contributed by atoms with Crippen LogP contribution in [0.3, 0.4) is 0 Å². The van der Waals surface area contributed by atoms with Gasteiger partial charge in [0.15, 0.2) is 0 Å². The largest absolute Gasteiger partial charge is 0.444 e. The summed E-state index contributed by atoms with van der Waals surface area (Å²) in [6.45, 7) is 7.02. The van der Waals surface area contributed by atoms with E-state index in [0.29, 0.717) is 13.1 Å². The van der Waals surface area contributed by atoms with Crippen LogP contribution in [-0.2, 0) is 15.1 Å². The molecule has 1 amide bonds. The lowest BCUT2D eigenvalue weighted by Gasteiger charge is -2.58. The van der Waals surface area contributed by atoms with Gasteiger partial charge in [0.05, 0.1) is 10.6 Å². The number of nitrogens with zero attached hydrogens (tertiary/aromatic N) is 1. The Morgan fingerprint density at radius 3 is 2.35 bits per heavy atom. The molecule has 3 rings (SSSR count). The van der Waals surface area contributed by atoms with E-state index >= 15 is 0 Å². The van der Waals surface area contributed by atoms with Gasteiger partial charge in [-0.15, -0.1) is 0 Å². The number of hydrogen-bond donors (Lipinski definition) is 0. The molecule has 1 aromatic rings. The second kappa shape index (κ2) is 6.68. The van der Waals surface area contributed by atoms with E-state index in [-0.39, 0.29) is 16.5 Å². The van der Waals surface area contributed by atoms with E-state index in [9.17, 15) is 9.18 Å². The zero-order valence-corrected chi connectivity index (χ0v) is 16.7. The van der Waals surface area contributed by atoms with Crippen LogP contribution < -0.4 is 0 Å². The number of piperidine rings is 1. The van der Waals surface area contributed by atoms with Crippen molar-refractivity contribution >= 4 is 17.7 Å². The standard InChI is InChI=1S/C20H27ClFNO3/c1-18(2,3)26-17(24)23-9-7-19(8-10-23)12-20(13-19,25-4)14-5-6-16(22)15(21)11-14/h5-6,11H,7-10,12-13H2,1-4H3. The lowest BCUT2D eigenvalue weighted by molar-refractivity contribution is -0.174. The minimum Gasteiger partial charge on any atom is -0.444 e. The molecule has 1 aliphatic heterocycles. The minimum absolute atomic E-state index is 0.125. The summed E-state index contributed by atoms with van der Waals surface area (Å²) in [7, 11) is 1.69. The molecule has 144 valence electrons. The Labute approximate surface area is 159 Å². The molecule has 6 heteroatoms. The highest BCUT2D eigenvalue weighted by atomic mass is 35.5. The molecule has 0 aromatic heterocycles. The maximum absolute atomic E-state index is 13.5. The van der Waals surface area contributed by atoms with E-state index in [4.69, 9.17) is 21.1 Å². The first kappa shape index (κ1) is 19.4. The van der Waals surface area contributed by atoms with Gasteiger partial charge in [0, 0.05) is 20.2 Å². The number of benzene rings is 1. The van der Waals surface area contributed by atoms with E-state index in [1.165, 1.54) is 6.07 Å². The van der Waals surface area contributed by atoms with Crippen LogP contribution in [0.5, 0.6) is 0 Å². The summed E-state index contributed by atoms with van der Waals surface area (Å²) in [5.74, 6) is -0.415. The molecular formula is C20H27ClFNO3. The monoisotopic (exact) mass is 383 g/mol. The molecule has 0 unspecified atom stereocenters. The summed E-state index contributed by atoms with van der Waals surface area (Å²) >= 11 is 5.95. The summed E-state index contributed by atoms with van der Waals surface area (Å²) < 4.78 is 24.8. The Balaban J connectivity index is 1.63. The van der Waals surface area contributed by atoms with Crippen molar-refractivity contribution in [2.24, 2.45) is 5.41 Å². The summed E-state index contributed by atoms with van der Waals surface area (Å²) in [5, 5.41) is 0.125. The SMILES string of the molecule is COC1(c2ccc(F)c(Cl)c2)CC2(CCN(C(=O)OC(C)(C)C)CC2)C1. The molecule has 0 bridgehead atoms. The third kappa shape index (κ3) is 3.70. The lowest BCUT2D eigenvalue weighted by Crippen LogP contribution is -2.56. The Hall–Kier alpha value is -1.33. The van der Waals surface area contributed by atoms with Crippen molar-refractivity contribution in [3.8, 4) is 0 Å². The molecule has 1 heterocycles. The van der Waals surface area contributed by atoms with Crippen LogP contribution in [0.2, 0.25) is 5.02 Å². The maximum atomic E-state index is 13.5. The molecule has 4 nitrogen and oxygen atoms in total. The third-order valence-electron chi connectivity index (χ3n) is 5.63. The van der Waals surface area contributed by atoms with E-state index < -0.39 is 17.0 Å². The van der Waals surface area contributed by atoms with Gasteiger partial charge in [-0.3, -0.25) is 0 Å². The summed E-state index contributed by atoms with van der Waals surface area (Å²) in [6, 6.07) is 4.82. The average molecular weight is 384 g/mol. The molecule has 1 aromatic carbocycles. The number of amides is 1. The van der Waals surface area contributed by atoms with Gasteiger partial charge in [-0.25, -0.2) is 9.18 Å². The van der Waals surface area contributed by atoms with Crippen LogP contribution in [0.15, 0.2) is 18.2 Å². The second-order valence-electron chi connectivity index (χ2n) is 8.65. The summed E-state index contributed by atoms with van der Waals surface area (Å²) in [6.07, 6.45) is 3.33. The van der Waals surface area contributed by atoms with Crippen molar-refractivity contribution in [1.82, 2.24) is 4.90 Å². The van der Waals surface area contributed by atoms with Crippen LogP contribution >= 0.6 is 11.6 Å². The van der Waals surface area contributed by atoms with Gasteiger partial charge < -0.3 is 14.4 Å². The van der Waals surface area contributed by atoms with Gasteiger partial charge in [-0.05, 0) is 69.6 Å². The molecule has 26 heavy (non-hydrogen) atoms. The second-order valence-corrected chi connectivity index (χ2v) is 9.06. The number of halogens is 2. The van der Waals surface area contributed by atoms with Crippen molar-refractivity contribution in [2.45, 2.75) is 57.7 Å². The number of hydrogen-bond acceptors (Lipinski definition) is 3. The fourth-order valence-corrected chi connectivity index (χ4v) is 4.43. The van der Waals surface area contributed by atoms with Crippen molar-refractivity contribution in [2.75, 3.05) is 20.2 Å². The summed E-state index contributed by atoms with van der Waals surface area (Å²) in [5.41, 5.74) is 0.197. The number of carbonyl (C=O) groups is 1. The number of rotatable bonds is 2. The molecule has 0 atom stereocenters. The van der Waals surface area contributed by atoms with E-state index in [1.54, 1.807) is 24.1 Å². The molecule has 2 fully saturated rings. The topological polar surface area (TPSA) is 38.8 Å². The Kier molecular flexibility index (Phi) is 4.99. The van der Waals surface area contributed by atoms with Gasteiger partial charge in [0.25, 0.3) is 0 Å². The Morgan fingerprint density at radius 1 is 1.23 bits per heavy atom. The lowest BCUT2D eigenvalue weighted by atomic mass is 9.53. The van der Waals surface area contributed by atoms with Gasteiger partial charge in [-0.1, -0.05) is 17.7 Å². The molecule has 0 N–H and O–H groups in total. The predicted molar refractivity (Wildman–Crippen MR) is 98.8 cm³/mol. The molecule has 0 radical (unpaired) electrons. The van der Waals surface area contributed by atoms with Crippen molar-refractivity contribution in [3.05, 3.63) is 34.6 Å². The zero-order valence-electron chi connectivity index (χ0n) is 15.9. The molecule has 2 aliphatic rings. The van der Waals surface area contributed by atoms with Gasteiger partial charge in [0.1, 0.15) is 11.4 Å². The number of likely N-dealkylation sites (tertiary alicyclic amines) is 1. The van der Waals surface area contributed by atoms with Crippen molar-refractivity contribution < 1.29 is 18.7 Å². The van der Waals surface area contributed by atoms with Crippen LogP contribution in [0.1, 0.15) is 52.0 Å². The molecule has 1 aliphatic carbocycles. The first-order valence-corrected chi connectivity index (χ1v) is 9.45. The fourth-order valence-electron chi connectivity index (χ4n) is 4.25. The first-order chi connectivity index (χ1) is 12.1. The Morgan fingerprint density at radius 2 is 1.85 bits per heavy atom. The normalized spacial score (nSPS) is 21.4. The third-order valence-corrected chi connectivity index (χ3v) is 5.92. The van der Waals surface area contributed by atoms with Crippen LogP contribution in [0, 0.1) is 11.2 Å². The van der Waals surface area contributed by atoms with Gasteiger partial charge in [0.2, 0.25) is 0 Å². The predicted octanol–water partition coefficient (Wildman–Crippen LogP) is 5.13. The van der Waals surface area contributed by atoms with Gasteiger partial charge in [-0.2, -0.15) is 0 Å². The highest BCUT2D eigenvalue weighted by Gasteiger charge is 2.56. The minimum atomic E-state index is -0.476. The van der Waals surface area contributed by atoms with Crippen molar-refractivity contribution in [3.63, 3.8) is 0 Å². The average Bonchev–Trinajstić information content (AvgIpc) is 2.53. The van der Waals surface area contributed by atoms with Crippen LogP contribution in [-0.4, -0.2) is 36.8 Å². The smallest absolute Gasteiger partial charge is 0.410 e. The molecule has 1 spiro atoms. The van der Waals surface area contributed by atoms with Gasteiger partial charge >= 0.3 is 6.09 Å². The number of methoxy groups -OCH3 is 1. The highest BCUT2D eigenvalue weighted by molar-refractivity contribution is 6.30. The first-order valence-electron chi connectivity index (χ1n) is 9.07. The van der Waals surface area contributed by atoms with Crippen LogP contribution in [0.4, 0.5) is 9.18 Å². The molecule has 1 saturated heterocycles. The highest BCUT2D eigenvalue weighted by Crippen LogP contribution is 2.61. The molecular weight excluding hydrogens is 357 g/mol. The van der Waals surface area contributed by atoms with Crippen molar-refractivity contribution in [1.29, 1.82) is 0 Å².